The maximum absolute atomic E-state index is 12.4. The fraction of sp³-hybridized carbons (Fsp3) is 0.846. The zero-order valence-electron chi connectivity index (χ0n) is 12.3. The highest BCUT2D eigenvalue weighted by atomic mass is 31.2. The summed E-state index contributed by atoms with van der Waals surface area (Å²) in [7, 11) is -3.53. The molecule has 6 heteroatoms. The smallest absolute Gasteiger partial charge is 0.348 e. The first-order valence-corrected chi connectivity index (χ1v) is 8.34. The minimum atomic E-state index is -3.53. The van der Waals surface area contributed by atoms with Crippen molar-refractivity contribution in [3.05, 3.63) is 12.7 Å². The van der Waals surface area contributed by atoms with Gasteiger partial charge in [-0.05, 0) is 19.8 Å². The van der Waals surface area contributed by atoms with E-state index in [-0.39, 0.29) is 0 Å². The van der Waals surface area contributed by atoms with Crippen LogP contribution in [0.2, 0.25) is 0 Å². The van der Waals surface area contributed by atoms with Gasteiger partial charge in [0.15, 0.2) is 6.29 Å². The number of phosphoric acid groups is 1. The molecule has 1 unspecified atom stereocenters. The summed E-state index contributed by atoms with van der Waals surface area (Å²) >= 11 is 0. The highest BCUT2D eigenvalue weighted by molar-refractivity contribution is 7.48. The molecule has 0 bridgehead atoms. The number of hydrogen-bond donors (Lipinski definition) is 0. The summed E-state index contributed by atoms with van der Waals surface area (Å²) in [5.74, 6) is 0. The van der Waals surface area contributed by atoms with Gasteiger partial charge in [-0.25, -0.2) is 4.57 Å². The monoisotopic (exact) mass is 294 g/mol. The van der Waals surface area contributed by atoms with Crippen molar-refractivity contribution in [1.82, 2.24) is 0 Å². The van der Waals surface area contributed by atoms with E-state index >= 15 is 0 Å². The summed E-state index contributed by atoms with van der Waals surface area (Å²) in [6.45, 7) is 10.3. The van der Waals surface area contributed by atoms with Crippen LogP contribution in [0.15, 0.2) is 12.7 Å². The summed E-state index contributed by atoms with van der Waals surface area (Å²) in [6, 6.07) is 0. The van der Waals surface area contributed by atoms with Gasteiger partial charge in [-0.2, -0.15) is 0 Å². The quantitative estimate of drug-likeness (QED) is 0.219. The molecule has 1 atom stereocenters. The highest BCUT2D eigenvalue weighted by Crippen LogP contribution is 2.50. The van der Waals surface area contributed by atoms with Crippen molar-refractivity contribution in [3.63, 3.8) is 0 Å². The molecule has 0 N–H and O–H groups in total. The van der Waals surface area contributed by atoms with Crippen LogP contribution in [0.3, 0.4) is 0 Å². The molecule has 114 valence electrons. The van der Waals surface area contributed by atoms with Crippen molar-refractivity contribution in [1.29, 1.82) is 0 Å². The van der Waals surface area contributed by atoms with E-state index in [1.165, 1.54) is 0 Å². The molecule has 0 aliphatic heterocycles. The van der Waals surface area contributed by atoms with E-state index in [4.69, 9.17) is 18.3 Å². The van der Waals surface area contributed by atoms with Gasteiger partial charge in [0.1, 0.15) is 0 Å². The molecule has 0 aromatic carbocycles. The molecule has 0 saturated carbocycles. The van der Waals surface area contributed by atoms with Crippen molar-refractivity contribution >= 4 is 7.82 Å². The molecule has 0 aromatic rings. The standard InChI is InChI=1S/C13H27O5P/c1-5-8-11-16-19(14,17-12-9-6-2)18-13(4)15-10-7-3/h7,13H,3,5-6,8-12H2,1-2,4H3. The third-order valence-corrected chi connectivity index (χ3v) is 3.77. The van der Waals surface area contributed by atoms with Gasteiger partial charge in [0, 0.05) is 0 Å². The second-order valence-electron chi connectivity index (χ2n) is 4.12. The van der Waals surface area contributed by atoms with Crippen LogP contribution in [0.4, 0.5) is 0 Å². The van der Waals surface area contributed by atoms with Gasteiger partial charge in [-0.15, -0.1) is 6.58 Å². The molecule has 0 rings (SSSR count). The van der Waals surface area contributed by atoms with Gasteiger partial charge < -0.3 is 4.74 Å². The lowest BCUT2D eigenvalue weighted by Crippen LogP contribution is -2.14. The van der Waals surface area contributed by atoms with E-state index < -0.39 is 14.1 Å². The Labute approximate surface area is 116 Å². The van der Waals surface area contributed by atoms with E-state index in [9.17, 15) is 4.57 Å². The third-order valence-electron chi connectivity index (χ3n) is 2.22. The van der Waals surface area contributed by atoms with Gasteiger partial charge in [0.05, 0.1) is 19.8 Å². The van der Waals surface area contributed by atoms with E-state index in [0.29, 0.717) is 19.8 Å². The zero-order chi connectivity index (χ0) is 14.6. The SMILES string of the molecule is C=CCOC(C)OP(=O)(OCCCC)OCCCC. The normalized spacial score (nSPS) is 13.4. The molecule has 19 heavy (non-hydrogen) atoms. The Bertz CT molecular complexity index is 256. The lowest BCUT2D eigenvalue weighted by atomic mass is 10.4. The summed E-state index contributed by atoms with van der Waals surface area (Å²) in [5.41, 5.74) is 0. The van der Waals surface area contributed by atoms with Crippen molar-refractivity contribution in [2.75, 3.05) is 19.8 Å². The average Bonchev–Trinajstić information content (AvgIpc) is 2.37. The zero-order valence-corrected chi connectivity index (χ0v) is 13.2. The van der Waals surface area contributed by atoms with Crippen LogP contribution in [-0.2, 0) is 22.9 Å². The second kappa shape index (κ2) is 11.6. The Hall–Kier alpha value is -0.190. The molecule has 0 fully saturated rings. The third kappa shape index (κ3) is 10.3. The Morgan fingerprint density at radius 2 is 1.68 bits per heavy atom. The largest absolute Gasteiger partial charge is 0.477 e. The summed E-state index contributed by atoms with van der Waals surface area (Å²) in [4.78, 5) is 0. The van der Waals surface area contributed by atoms with Crippen molar-refractivity contribution < 1.29 is 22.9 Å². The van der Waals surface area contributed by atoms with Crippen LogP contribution >= 0.6 is 7.82 Å². The fourth-order valence-electron chi connectivity index (χ4n) is 1.16. The Morgan fingerprint density at radius 3 is 2.11 bits per heavy atom. The topological polar surface area (TPSA) is 54.0 Å². The maximum atomic E-state index is 12.4. The number of phosphoric ester groups is 1. The van der Waals surface area contributed by atoms with E-state index in [1.807, 2.05) is 13.8 Å². The summed E-state index contributed by atoms with van der Waals surface area (Å²) in [6.07, 6.45) is 4.47. The van der Waals surface area contributed by atoms with E-state index in [2.05, 4.69) is 6.58 Å². The van der Waals surface area contributed by atoms with Crippen LogP contribution in [-0.4, -0.2) is 26.1 Å². The van der Waals surface area contributed by atoms with Gasteiger partial charge in [-0.1, -0.05) is 32.8 Å². The minimum absolute atomic E-state index is 0.324. The van der Waals surface area contributed by atoms with Crippen LogP contribution in [0, 0.1) is 0 Å². The molecule has 0 aromatic heterocycles. The molecule has 0 heterocycles. The van der Waals surface area contributed by atoms with Gasteiger partial charge in [0.25, 0.3) is 0 Å². The summed E-state index contributed by atoms with van der Waals surface area (Å²) in [5, 5.41) is 0. The number of hydrogen-bond acceptors (Lipinski definition) is 5. The van der Waals surface area contributed by atoms with Crippen LogP contribution in [0.1, 0.15) is 46.5 Å². The first-order chi connectivity index (χ1) is 9.08. The van der Waals surface area contributed by atoms with Crippen LogP contribution in [0.25, 0.3) is 0 Å². The molecular formula is C13H27O5P. The van der Waals surface area contributed by atoms with Crippen LogP contribution < -0.4 is 0 Å². The molecule has 0 amide bonds. The summed E-state index contributed by atoms with van der Waals surface area (Å²) < 4.78 is 33.4. The molecule has 0 aliphatic rings. The average molecular weight is 294 g/mol. The van der Waals surface area contributed by atoms with Gasteiger partial charge in [0.2, 0.25) is 0 Å². The Balaban J connectivity index is 4.28. The maximum Gasteiger partial charge on any atom is 0.477 e. The van der Waals surface area contributed by atoms with Crippen LogP contribution in [0.5, 0.6) is 0 Å². The van der Waals surface area contributed by atoms with Gasteiger partial charge >= 0.3 is 7.82 Å². The predicted octanol–water partition coefficient (Wildman–Crippen LogP) is 4.29. The molecular weight excluding hydrogens is 267 g/mol. The number of ether oxygens (including phenoxy) is 1. The van der Waals surface area contributed by atoms with Crippen molar-refractivity contribution in [3.8, 4) is 0 Å². The van der Waals surface area contributed by atoms with Crippen molar-refractivity contribution in [2.45, 2.75) is 52.7 Å². The molecule has 5 nitrogen and oxygen atoms in total. The Morgan fingerprint density at radius 1 is 1.16 bits per heavy atom. The lowest BCUT2D eigenvalue weighted by Gasteiger charge is -2.21. The lowest BCUT2D eigenvalue weighted by molar-refractivity contribution is -0.0772. The predicted molar refractivity (Wildman–Crippen MR) is 76.0 cm³/mol. The minimum Gasteiger partial charge on any atom is -0.348 e. The molecule has 0 radical (unpaired) electrons. The first-order valence-electron chi connectivity index (χ1n) is 6.88. The molecule has 0 aliphatic carbocycles. The van der Waals surface area contributed by atoms with E-state index in [1.54, 1.807) is 13.0 Å². The molecule has 0 saturated heterocycles. The number of unbranched alkanes of at least 4 members (excludes halogenated alkanes) is 2. The van der Waals surface area contributed by atoms with E-state index in [0.717, 1.165) is 25.7 Å². The van der Waals surface area contributed by atoms with Crippen molar-refractivity contribution in [2.24, 2.45) is 0 Å². The second-order valence-corrected chi connectivity index (χ2v) is 5.74. The first kappa shape index (κ1) is 18.8. The number of rotatable bonds is 13. The van der Waals surface area contributed by atoms with Gasteiger partial charge in [-0.3, -0.25) is 13.6 Å². The highest BCUT2D eigenvalue weighted by Gasteiger charge is 2.29. The fourth-order valence-corrected chi connectivity index (χ4v) is 2.48. The Kier molecular flexibility index (Phi) is 11.5. The molecule has 0 spiro atoms.